The van der Waals surface area contributed by atoms with Crippen molar-refractivity contribution in [2.45, 2.75) is 20.4 Å². The van der Waals surface area contributed by atoms with Crippen molar-refractivity contribution in [2.24, 2.45) is 7.05 Å². The number of hydrogen-bond acceptors (Lipinski definition) is 5. The van der Waals surface area contributed by atoms with E-state index in [4.69, 9.17) is 5.73 Å². The van der Waals surface area contributed by atoms with Gasteiger partial charge in [0, 0.05) is 36.3 Å². The number of nitrogen functional groups attached to an aromatic ring is 1. The Labute approximate surface area is 133 Å². The van der Waals surface area contributed by atoms with Crippen LogP contribution in [0, 0.1) is 13.8 Å². The molecule has 0 saturated carbocycles. The van der Waals surface area contributed by atoms with Crippen molar-refractivity contribution in [1.29, 1.82) is 0 Å². The van der Waals surface area contributed by atoms with E-state index in [2.05, 4.69) is 15.1 Å². The van der Waals surface area contributed by atoms with Gasteiger partial charge in [-0.1, -0.05) is 6.07 Å². The average Bonchev–Trinajstić information content (AvgIpc) is 2.77. The van der Waals surface area contributed by atoms with Crippen LogP contribution in [0.2, 0.25) is 0 Å². The number of anilines is 1. The van der Waals surface area contributed by atoms with E-state index in [-0.39, 0.29) is 11.5 Å². The normalized spacial score (nSPS) is 10.9. The monoisotopic (exact) mass is 310 g/mol. The molecular weight excluding hydrogens is 292 g/mol. The fourth-order valence-electron chi connectivity index (χ4n) is 2.52. The summed E-state index contributed by atoms with van der Waals surface area (Å²) in [5, 5.41) is 4.54. The van der Waals surface area contributed by atoms with E-state index in [0.29, 0.717) is 12.2 Å². The van der Waals surface area contributed by atoms with Crippen molar-refractivity contribution < 1.29 is 0 Å². The molecule has 3 heterocycles. The van der Waals surface area contributed by atoms with E-state index < -0.39 is 0 Å². The summed E-state index contributed by atoms with van der Waals surface area (Å²) in [6.07, 6.45) is 1.76. The molecule has 0 bridgehead atoms. The summed E-state index contributed by atoms with van der Waals surface area (Å²) in [7, 11) is 1.87. The van der Waals surface area contributed by atoms with E-state index in [1.54, 1.807) is 21.5 Å². The third kappa shape index (κ3) is 2.85. The fourth-order valence-corrected chi connectivity index (χ4v) is 2.52. The molecule has 0 radical (unpaired) electrons. The fraction of sp³-hybridized carbons (Fsp3) is 0.250. The van der Waals surface area contributed by atoms with Crippen LogP contribution in [0.5, 0.6) is 0 Å². The predicted molar refractivity (Wildman–Crippen MR) is 87.9 cm³/mol. The summed E-state index contributed by atoms with van der Waals surface area (Å²) in [6.45, 7) is 4.26. The molecule has 2 N–H and O–H groups in total. The molecular formula is C16H18N6O. The maximum atomic E-state index is 12.0. The van der Waals surface area contributed by atoms with Gasteiger partial charge in [-0.25, -0.2) is 9.97 Å². The van der Waals surface area contributed by atoms with Crippen molar-refractivity contribution in [3.8, 4) is 11.4 Å². The Morgan fingerprint density at radius 2 is 2.00 bits per heavy atom. The van der Waals surface area contributed by atoms with E-state index >= 15 is 0 Å². The summed E-state index contributed by atoms with van der Waals surface area (Å²) in [4.78, 5) is 20.4. The lowest BCUT2D eigenvalue weighted by atomic mass is 10.1. The maximum absolute atomic E-state index is 12.0. The van der Waals surface area contributed by atoms with Gasteiger partial charge in [-0.15, -0.1) is 0 Å². The summed E-state index contributed by atoms with van der Waals surface area (Å²) in [6, 6.07) is 6.94. The number of aryl methyl sites for hydroxylation is 2. The number of nitrogens with zero attached hydrogens (tertiary/aromatic N) is 5. The van der Waals surface area contributed by atoms with Gasteiger partial charge in [-0.2, -0.15) is 5.10 Å². The summed E-state index contributed by atoms with van der Waals surface area (Å²) in [5.41, 5.74) is 9.78. The molecule has 7 heteroatoms. The Kier molecular flexibility index (Phi) is 3.69. The van der Waals surface area contributed by atoms with Crippen LogP contribution in [0.25, 0.3) is 11.4 Å². The highest BCUT2D eigenvalue weighted by Gasteiger charge is 2.17. The Hall–Kier alpha value is -2.96. The van der Waals surface area contributed by atoms with Crippen LogP contribution in [0.1, 0.15) is 17.0 Å². The maximum Gasteiger partial charge on any atom is 0.250 e. The molecule has 0 saturated heterocycles. The van der Waals surface area contributed by atoms with Gasteiger partial charge in [0.05, 0.1) is 12.2 Å². The van der Waals surface area contributed by atoms with Gasteiger partial charge < -0.3 is 10.3 Å². The lowest BCUT2D eigenvalue weighted by Crippen LogP contribution is -2.19. The molecule has 0 fully saturated rings. The van der Waals surface area contributed by atoms with Crippen LogP contribution in [-0.4, -0.2) is 24.3 Å². The number of rotatable bonds is 3. The quantitative estimate of drug-likeness (QED) is 0.787. The molecule has 0 aromatic carbocycles. The molecule has 3 aromatic rings. The lowest BCUT2D eigenvalue weighted by molar-refractivity contribution is 0.724. The van der Waals surface area contributed by atoms with Gasteiger partial charge in [-0.3, -0.25) is 9.48 Å². The van der Waals surface area contributed by atoms with Crippen molar-refractivity contribution >= 4 is 5.95 Å². The number of aromatic nitrogens is 5. The minimum atomic E-state index is -0.0555. The highest BCUT2D eigenvalue weighted by molar-refractivity contribution is 5.61. The van der Waals surface area contributed by atoms with Crippen LogP contribution < -0.4 is 11.3 Å². The molecule has 3 rings (SSSR count). The van der Waals surface area contributed by atoms with E-state index in [1.165, 1.54) is 6.07 Å². The molecule has 23 heavy (non-hydrogen) atoms. The second-order valence-corrected chi connectivity index (χ2v) is 5.46. The predicted octanol–water partition coefficient (Wildman–Crippen LogP) is 1.29. The van der Waals surface area contributed by atoms with E-state index in [0.717, 1.165) is 22.6 Å². The van der Waals surface area contributed by atoms with Crippen molar-refractivity contribution in [3.05, 3.63) is 57.8 Å². The molecule has 0 spiro atoms. The third-order valence-electron chi connectivity index (χ3n) is 3.80. The Balaban J connectivity index is 2.14. The zero-order valence-electron chi connectivity index (χ0n) is 13.3. The van der Waals surface area contributed by atoms with Crippen molar-refractivity contribution in [1.82, 2.24) is 24.3 Å². The standard InChI is InChI=1S/C16H18N6O/c1-10-8-13(19-16(17)18-10)15-12(11(2)21(3)20-15)9-22-7-5-4-6-14(22)23/h4-8H,9H2,1-3H3,(H2,17,18,19). The molecule has 0 aliphatic rings. The smallest absolute Gasteiger partial charge is 0.250 e. The van der Waals surface area contributed by atoms with E-state index in [9.17, 15) is 4.79 Å². The Morgan fingerprint density at radius 3 is 2.70 bits per heavy atom. The lowest BCUT2D eigenvalue weighted by Gasteiger charge is -2.07. The average molecular weight is 310 g/mol. The minimum Gasteiger partial charge on any atom is -0.368 e. The number of nitrogens with two attached hydrogens (primary N) is 1. The van der Waals surface area contributed by atoms with Gasteiger partial charge in [0.15, 0.2) is 0 Å². The number of hydrogen-bond donors (Lipinski definition) is 1. The first-order chi connectivity index (χ1) is 11.0. The molecule has 0 aliphatic carbocycles. The summed E-state index contributed by atoms with van der Waals surface area (Å²) in [5.74, 6) is 0.214. The summed E-state index contributed by atoms with van der Waals surface area (Å²) >= 11 is 0. The molecule has 0 amide bonds. The zero-order valence-corrected chi connectivity index (χ0v) is 13.3. The second kappa shape index (κ2) is 5.68. The highest BCUT2D eigenvalue weighted by Crippen LogP contribution is 2.24. The summed E-state index contributed by atoms with van der Waals surface area (Å²) < 4.78 is 3.43. The van der Waals surface area contributed by atoms with Crippen LogP contribution in [0.4, 0.5) is 5.95 Å². The van der Waals surface area contributed by atoms with Gasteiger partial charge >= 0.3 is 0 Å². The van der Waals surface area contributed by atoms with Crippen LogP contribution in [-0.2, 0) is 13.6 Å². The first-order valence-electron chi connectivity index (χ1n) is 7.25. The first kappa shape index (κ1) is 15.0. The SMILES string of the molecule is Cc1cc(-c2nn(C)c(C)c2Cn2ccccc2=O)nc(N)n1. The number of pyridine rings is 1. The van der Waals surface area contributed by atoms with Gasteiger partial charge in [0.2, 0.25) is 5.95 Å². The molecule has 118 valence electrons. The van der Waals surface area contributed by atoms with Crippen LogP contribution in [0.15, 0.2) is 35.3 Å². The topological polar surface area (TPSA) is 91.6 Å². The van der Waals surface area contributed by atoms with Gasteiger partial charge in [-0.05, 0) is 26.0 Å². The molecule has 0 unspecified atom stereocenters. The van der Waals surface area contributed by atoms with Crippen molar-refractivity contribution in [2.75, 3.05) is 5.73 Å². The highest BCUT2D eigenvalue weighted by atomic mass is 16.1. The van der Waals surface area contributed by atoms with Crippen LogP contribution in [0.3, 0.4) is 0 Å². The molecule has 0 atom stereocenters. The van der Waals surface area contributed by atoms with E-state index in [1.807, 2.05) is 33.0 Å². The second-order valence-electron chi connectivity index (χ2n) is 5.46. The van der Waals surface area contributed by atoms with Gasteiger partial charge in [0.1, 0.15) is 5.69 Å². The Bertz CT molecular complexity index is 904. The van der Waals surface area contributed by atoms with Crippen LogP contribution >= 0.6 is 0 Å². The third-order valence-corrected chi connectivity index (χ3v) is 3.80. The Morgan fingerprint density at radius 1 is 1.22 bits per heavy atom. The minimum absolute atomic E-state index is 0.0555. The molecule has 0 aliphatic heterocycles. The largest absolute Gasteiger partial charge is 0.368 e. The zero-order chi connectivity index (χ0) is 16.6. The first-order valence-corrected chi connectivity index (χ1v) is 7.25. The van der Waals surface area contributed by atoms with Gasteiger partial charge in [0.25, 0.3) is 5.56 Å². The van der Waals surface area contributed by atoms with Crippen molar-refractivity contribution in [3.63, 3.8) is 0 Å². The molecule has 7 nitrogen and oxygen atoms in total. The molecule has 3 aromatic heterocycles.